The molecule has 49 heavy (non-hydrogen) atoms. The highest BCUT2D eigenvalue weighted by atomic mass is 16.7. The van der Waals surface area contributed by atoms with Crippen LogP contribution in [0.2, 0.25) is 0 Å². The smallest absolute Gasteiger partial charge is 0.220 e. The van der Waals surface area contributed by atoms with Crippen LogP contribution in [-0.4, -0.2) is 41.2 Å². The van der Waals surface area contributed by atoms with Crippen LogP contribution in [0, 0.1) is 5.92 Å². The normalized spacial score (nSPS) is 26.3. The summed E-state index contributed by atoms with van der Waals surface area (Å²) in [6, 6.07) is 31.3. The maximum atomic E-state index is 12.7. The van der Waals surface area contributed by atoms with Gasteiger partial charge in [0, 0.05) is 17.0 Å². The highest BCUT2D eigenvalue weighted by molar-refractivity contribution is 5.47. The van der Waals surface area contributed by atoms with Crippen molar-refractivity contribution in [3.05, 3.63) is 130 Å². The first kappa shape index (κ1) is 33.8. The van der Waals surface area contributed by atoms with Gasteiger partial charge in [-0.25, -0.2) is 0 Å². The molecule has 0 bridgehead atoms. The summed E-state index contributed by atoms with van der Waals surface area (Å²) in [4.78, 5) is 0. The molecule has 0 amide bonds. The zero-order valence-electron chi connectivity index (χ0n) is 28.7. The summed E-state index contributed by atoms with van der Waals surface area (Å²) in [7, 11) is 1.59. The highest BCUT2D eigenvalue weighted by Crippen LogP contribution is 2.47. The molecule has 1 saturated heterocycles. The molecule has 3 aliphatic rings. The van der Waals surface area contributed by atoms with Crippen molar-refractivity contribution in [3.8, 4) is 11.5 Å². The average molecular weight is 665 g/mol. The molecule has 7 rings (SSSR count). The molecule has 2 heterocycles. The monoisotopic (exact) mass is 664 g/mol. The van der Waals surface area contributed by atoms with Crippen LogP contribution in [0.5, 0.6) is 11.5 Å². The third-order valence-electron chi connectivity index (χ3n) is 10.8. The van der Waals surface area contributed by atoms with E-state index in [2.05, 4.69) is 6.92 Å². The van der Waals surface area contributed by atoms with Crippen LogP contribution in [0.3, 0.4) is 0 Å². The summed E-state index contributed by atoms with van der Waals surface area (Å²) in [6.45, 7) is 4.81. The van der Waals surface area contributed by atoms with Crippen LogP contribution in [0.25, 0.3) is 0 Å². The standard InChI is InChI=1S/C42H48O7/c1-4-35-39(46-26-29-12-7-5-8-13-29)28(2)40(47-27-30-14-9-6-10-15-30)42(44,49-35)33-17-19-37(45-3)34(25-33)38(43)32-16-18-36-31(24-32)20-23-41(48-36)21-11-22-41/h5-10,12-19,24-25,28,35,38-40,43-44H,4,11,20-23,26-27H2,1-3H3/t28-,35+,38?,39-,40+,42?/m0/s1. The van der Waals surface area contributed by atoms with Gasteiger partial charge in [0.2, 0.25) is 5.79 Å². The quantitative estimate of drug-likeness (QED) is 0.169. The fourth-order valence-corrected chi connectivity index (χ4v) is 7.82. The molecule has 0 aromatic heterocycles. The van der Waals surface area contributed by atoms with E-state index in [0.29, 0.717) is 29.9 Å². The van der Waals surface area contributed by atoms with Gasteiger partial charge >= 0.3 is 0 Å². The fraction of sp³-hybridized carbons (Fsp3) is 0.429. The third-order valence-corrected chi connectivity index (χ3v) is 10.8. The molecule has 7 nitrogen and oxygen atoms in total. The molecule has 7 heteroatoms. The largest absolute Gasteiger partial charge is 0.496 e. The number of hydrogen-bond acceptors (Lipinski definition) is 7. The van der Waals surface area contributed by atoms with Crippen LogP contribution in [-0.2, 0) is 39.6 Å². The molecule has 2 N–H and O–H groups in total. The van der Waals surface area contributed by atoms with Crippen molar-refractivity contribution in [2.24, 2.45) is 5.92 Å². The van der Waals surface area contributed by atoms with Crippen molar-refractivity contribution in [1.82, 2.24) is 0 Å². The van der Waals surface area contributed by atoms with E-state index in [1.54, 1.807) is 25.3 Å². The second-order valence-electron chi connectivity index (χ2n) is 14.0. The van der Waals surface area contributed by atoms with E-state index in [-0.39, 0.29) is 24.2 Å². The molecular formula is C42H48O7. The Labute approximate surface area is 289 Å². The van der Waals surface area contributed by atoms with E-state index < -0.39 is 24.1 Å². The number of aryl methyl sites for hydroxylation is 1. The molecule has 1 spiro atoms. The second-order valence-corrected chi connectivity index (χ2v) is 14.0. The predicted molar refractivity (Wildman–Crippen MR) is 187 cm³/mol. The first-order valence-corrected chi connectivity index (χ1v) is 17.7. The van der Waals surface area contributed by atoms with Crippen molar-refractivity contribution in [1.29, 1.82) is 0 Å². The first-order valence-electron chi connectivity index (χ1n) is 17.7. The Kier molecular flexibility index (Phi) is 9.82. The van der Waals surface area contributed by atoms with E-state index in [1.165, 1.54) is 6.42 Å². The van der Waals surface area contributed by atoms with Gasteiger partial charge in [-0.05, 0) is 91.1 Å². The second kappa shape index (κ2) is 14.3. The summed E-state index contributed by atoms with van der Waals surface area (Å²) < 4.78 is 32.0. The topological polar surface area (TPSA) is 86.6 Å². The number of aliphatic hydroxyl groups excluding tert-OH is 1. The third kappa shape index (κ3) is 6.75. The van der Waals surface area contributed by atoms with Gasteiger partial charge in [-0.2, -0.15) is 0 Å². The minimum atomic E-state index is -1.83. The Balaban J connectivity index is 1.20. The summed E-state index contributed by atoms with van der Waals surface area (Å²) in [5, 5.41) is 24.6. The number of benzene rings is 4. The van der Waals surface area contributed by atoms with Gasteiger partial charge in [-0.1, -0.05) is 80.6 Å². The summed E-state index contributed by atoms with van der Waals surface area (Å²) >= 11 is 0. The fourth-order valence-electron chi connectivity index (χ4n) is 7.82. The zero-order chi connectivity index (χ0) is 34.0. The molecule has 0 radical (unpaired) electrons. The van der Waals surface area contributed by atoms with E-state index >= 15 is 0 Å². The molecule has 258 valence electrons. The lowest BCUT2D eigenvalue weighted by atomic mass is 9.74. The number of hydrogen-bond donors (Lipinski definition) is 2. The van der Waals surface area contributed by atoms with Crippen LogP contribution in [0.4, 0.5) is 0 Å². The lowest BCUT2D eigenvalue weighted by Gasteiger charge is -2.50. The van der Waals surface area contributed by atoms with Crippen molar-refractivity contribution >= 4 is 0 Å². The van der Waals surface area contributed by atoms with Crippen LogP contribution < -0.4 is 9.47 Å². The van der Waals surface area contributed by atoms with Gasteiger partial charge in [0.1, 0.15) is 29.3 Å². The lowest BCUT2D eigenvalue weighted by Crippen LogP contribution is -2.60. The number of fused-ring (bicyclic) bond motifs is 1. The molecule has 4 aromatic rings. The summed E-state index contributed by atoms with van der Waals surface area (Å²) in [6.07, 6.45) is 3.47. The SMILES string of the molecule is CC[C@H]1OC(O)(c2ccc(OC)c(C(O)c3ccc4c(c3)CCC3(CCC3)O4)c2)[C@H](OCc2ccccc2)[C@@H](C)[C@@H]1OCc1ccccc1. The zero-order valence-corrected chi connectivity index (χ0v) is 28.7. The van der Waals surface area contributed by atoms with Crippen LogP contribution in [0.1, 0.15) is 85.4 Å². The van der Waals surface area contributed by atoms with Crippen LogP contribution >= 0.6 is 0 Å². The highest BCUT2D eigenvalue weighted by Gasteiger charge is 2.54. The van der Waals surface area contributed by atoms with Gasteiger partial charge < -0.3 is 33.9 Å². The van der Waals surface area contributed by atoms with Crippen molar-refractivity contribution in [2.45, 2.75) is 101 Å². The molecule has 1 saturated carbocycles. The van der Waals surface area contributed by atoms with Gasteiger partial charge in [0.25, 0.3) is 0 Å². The van der Waals surface area contributed by atoms with Crippen molar-refractivity contribution in [2.75, 3.05) is 7.11 Å². The first-order chi connectivity index (χ1) is 23.8. The molecule has 2 unspecified atom stereocenters. The molecular weight excluding hydrogens is 616 g/mol. The van der Waals surface area contributed by atoms with E-state index in [1.807, 2.05) is 85.8 Å². The predicted octanol–water partition coefficient (Wildman–Crippen LogP) is 7.79. The van der Waals surface area contributed by atoms with Gasteiger partial charge in [0.05, 0.1) is 32.5 Å². The molecule has 4 aromatic carbocycles. The Hall–Kier alpha value is -3.72. The number of aliphatic hydroxyl groups is 2. The lowest BCUT2D eigenvalue weighted by molar-refractivity contribution is -0.359. The Bertz CT molecular complexity index is 1710. The minimum absolute atomic E-state index is 0.00166. The Morgan fingerprint density at radius 1 is 0.857 bits per heavy atom. The maximum absolute atomic E-state index is 12.7. The molecule has 6 atom stereocenters. The number of rotatable bonds is 11. The molecule has 2 aliphatic heterocycles. The van der Waals surface area contributed by atoms with Crippen molar-refractivity contribution in [3.63, 3.8) is 0 Å². The number of methoxy groups -OCH3 is 1. The van der Waals surface area contributed by atoms with Gasteiger partial charge in [-0.3, -0.25) is 0 Å². The minimum Gasteiger partial charge on any atom is -0.496 e. The van der Waals surface area contributed by atoms with E-state index in [9.17, 15) is 10.2 Å². The van der Waals surface area contributed by atoms with Crippen LogP contribution in [0.15, 0.2) is 97.1 Å². The number of ether oxygens (including phenoxy) is 5. The molecule has 1 aliphatic carbocycles. The summed E-state index contributed by atoms with van der Waals surface area (Å²) in [5.74, 6) is -0.645. The van der Waals surface area contributed by atoms with Crippen molar-refractivity contribution < 1.29 is 33.9 Å². The van der Waals surface area contributed by atoms with E-state index in [4.69, 9.17) is 23.7 Å². The summed E-state index contributed by atoms with van der Waals surface area (Å²) in [5.41, 5.74) is 4.92. The van der Waals surface area contributed by atoms with Gasteiger partial charge in [0.15, 0.2) is 0 Å². The Morgan fingerprint density at radius 3 is 2.18 bits per heavy atom. The van der Waals surface area contributed by atoms with E-state index in [0.717, 1.165) is 53.7 Å². The van der Waals surface area contributed by atoms with Gasteiger partial charge in [-0.15, -0.1) is 0 Å². The Morgan fingerprint density at radius 2 is 1.55 bits per heavy atom. The average Bonchev–Trinajstić information content (AvgIpc) is 3.13. The maximum Gasteiger partial charge on any atom is 0.220 e. The molecule has 2 fully saturated rings.